The summed E-state index contributed by atoms with van der Waals surface area (Å²) in [7, 11) is 0. The zero-order chi connectivity index (χ0) is 11.5. The average molecular weight is 222 g/mol. The van der Waals surface area contributed by atoms with Gasteiger partial charge in [0.15, 0.2) is 0 Å². The Morgan fingerprint density at radius 2 is 2.19 bits per heavy atom. The minimum Gasteiger partial charge on any atom is -0.478 e. The number of carbonyl (C=O) groups is 1. The Morgan fingerprint density at radius 3 is 2.81 bits per heavy atom. The second-order valence-corrected chi connectivity index (χ2v) is 3.85. The molecule has 0 saturated carbocycles. The first-order chi connectivity index (χ1) is 7.70. The summed E-state index contributed by atoms with van der Waals surface area (Å²) in [5, 5.41) is 9.13. The van der Waals surface area contributed by atoms with Crippen LogP contribution in [0.15, 0.2) is 12.3 Å². The molecule has 16 heavy (non-hydrogen) atoms. The molecule has 1 aromatic rings. The normalized spacial score (nSPS) is 17.2. The van der Waals surface area contributed by atoms with Gasteiger partial charge < -0.3 is 15.6 Å². The SMILES string of the molecule is Nc1nccc(C2CCOCC2)c1C(=O)O. The van der Waals surface area contributed by atoms with Crippen LogP contribution in [0.5, 0.6) is 0 Å². The maximum atomic E-state index is 11.1. The van der Waals surface area contributed by atoms with E-state index in [1.165, 1.54) is 0 Å². The van der Waals surface area contributed by atoms with Gasteiger partial charge >= 0.3 is 5.97 Å². The summed E-state index contributed by atoms with van der Waals surface area (Å²) in [5.74, 6) is -0.700. The van der Waals surface area contributed by atoms with Crippen molar-refractivity contribution in [3.05, 3.63) is 23.4 Å². The monoisotopic (exact) mass is 222 g/mol. The maximum absolute atomic E-state index is 11.1. The van der Waals surface area contributed by atoms with Gasteiger partial charge in [0.1, 0.15) is 11.4 Å². The molecule has 0 amide bonds. The van der Waals surface area contributed by atoms with E-state index in [0.717, 1.165) is 18.4 Å². The van der Waals surface area contributed by atoms with E-state index >= 15 is 0 Å². The summed E-state index contributed by atoms with van der Waals surface area (Å²) in [5.41, 5.74) is 6.53. The van der Waals surface area contributed by atoms with Crippen molar-refractivity contribution in [2.45, 2.75) is 18.8 Å². The lowest BCUT2D eigenvalue weighted by Gasteiger charge is -2.23. The number of nitrogens with zero attached hydrogens (tertiary/aromatic N) is 1. The number of pyridine rings is 1. The lowest BCUT2D eigenvalue weighted by molar-refractivity contribution is 0.0686. The van der Waals surface area contributed by atoms with Crippen LogP contribution in [0.3, 0.4) is 0 Å². The molecule has 5 nitrogen and oxygen atoms in total. The Kier molecular flexibility index (Phi) is 3.05. The van der Waals surface area contributed by atoms with Gasteiger partial charge in [-0.3, -0.25) is 0 Å². The molecule has 0 atom stereocenters. The molecule has 1 aliphatic heterocycles. The van der Waals surface area contributed by atoms with Gasteiger partial charge in [0.2, 0.25) is 0 Å². The number of anilines is 1. The summed E-state index contributed by atoms with van der Waals surface area (Å²) in [6.45, 7) is 1.35. The molecule has 0 bridgehead atoms. The molecule has 1 aromatic heterocycles. The van der Waals surface area contributed by atoms with E-state index in [9.17, 15) is 4.79 Å². The summed E-state index contributed by atoms with van der Waals surface area (Å²) in [6, 6.07) is 1.75. The smallest absolute Gasteiger partial charge is 0.339 e. The highest BCUT2D eigenvalue weighted by Crippen LogP contribution is 2.30. The lowest BCUT2D eigenvalue weighted by atomic mass is 9.89. The Balaban J connectivity index is 2.38. The molecule has 2 rings (SSSR count). The molecule has 1 aliphatic rings. The van der Waals surface area contributed by atoms with E-state index in [-0.39, 0.29) is 17.3 Å². The fourth-order valence-corrected chi connectivity index (χ4v) is 2.08. The van der Waals surface area contributed by atoms with Crippen molar-refractivity contribution in [3.63, 3.8) is 0 Å². The average Bonchev–Trinajstić information content (AvgIpc) is 2.29. The first kappa shape index (κ1) is 10.9. The molecule has 0 unspecified atom stereocenters. The van der Waals surface area contributed by atoms with E-state index in [4.69, 9.17) is 15.6 Å². The van der Waals surface area contributed by atoms with Crippen LogP contribution in [0, 0.1) is 0 Å². The minimum atomic E-state index is -1.01. The standard InChI is InChI=1S/C11H14N2O3/c12-10-9(11(14)15)8(1-4-13-10)7-2-5-16-6-3-7/h1,4,7H,2-3,5-6H2,(H2,12,13)(H,14,15). The van der Waals surface area contributed by atoms with E-state index in [2.05, 4.69) is 4.98 Å². The van der Waals surface area contributed by atoms with E-state index in [1.807, 2.05) is 0 Å². The number of rotatable bonds is 2. The first-order valence-electron chi connectivity index (χ1n) is 5.25. The van der Waals surface area contributed by atoms with Crippen LogP contribution in [-0.4, -0.2) is 29.3 Å². The quantitative estimate of drug-likeness (QED) is 0.786. The summed E-state index contributed by atoms with van der Waals surface area (Å²) >= 11 is 0. The van der Waals surface area contributed by atoms with Gasteiger partial charge in [-0.15, -0.1) is 0 Å². The Bertz CT molecular complexity index is 400. The van der Waals surface area contributed by atoms with Gasteiger partial charge in [-0.1, -0.05) is 0 Å². The molecule has 5 heteroatoms. The molecule has 2 heterocycles. The molecule has 0 aromatic carbocycles. The third-order valence-corrected chi connectivity index (χ3v) is 2.89. The van der Waals surface area contributed by atoms with Crippen LogP contribution in [-0.2, 0) is 4.74 Å². The van der Waals surface area contributed by atoms with E-state index in [0.29, 0.717) is 13.2 Å². The topological polar surface area (TPSA) is 85.4 Å². The molecule has 1 saturated heterocycles. The van der Waals surface area contributed by atoms with Gasteiger partial charge in [0.05, 0.1) is 0 Å². The van der Waals surface area contributed by atoms with Crippen LogP contribution in [0.1, 0.15) is 34.7 Å². The number of hydrogen-bond donors (Lipinski definition) is 2. The highest BCUT2D eigenvalue weighted by atomic mass is 16.5. The maximum Gasteiger partial charge on any atom is 0.339 e. The number of aromatic carboxylic acids is 1. The number of nitrogen functional groups attached to an aromatic ring is 1. The van der Waals surface area contributed by atoms with Crippen molar-refractivity contribution in [2.75, 3.05) is 18.9 Å². The summed E-state index contributed by atoms with van der Waals surface area (Å²) in [6.07, 6.45) is 3.24. The minimum absolute atomic E-state index is 0.0940. The van der Waals surface area contributed by atoms with Gasteiger partial charge in [-0.05, 0) is 30.4 Å². The molecule has 3 N–H and O–H groups in total. The predicted molar refractivity (Wildman–Crippen MR) is 58.4 cm³/mol. The molecule has 1 fully saturated rings. The second kappa shape index (κ2) is 4.49. The van der Waals surface area contributed by atoms with Gasteiger partial charge in [0.25, 0.3) is 0 Å². The highest BCUT2D eigenvalue weighted by Gasteiger charge is 2.23. The molecule has 0 spiro atoms. The fraction of sp³-hybridized carbons (Fsp3) is 0.455. The number of ether oxygens (including phenoxy) is 1. The number of nitrogens with two attached hydrogens (primary N) is 1. The van der Waals surface area contributed by atoms with Gasteiger partial charge in [-0.25, -0.2) is 9.78 Å². The van der Waals surface area contributed by atoms with Crippen molar-refractivity contribution in [2.24, 2.45) is 0 Å². The molecular formula is C11H14N2O3. The van der Waals surface area contributed by atoms with Crippen LogP contribution >= 0.6 is 0 Å². The third-order valence-electron chi connectivity index (χ3n) is 2.89. The highest BCUT2D eigenvalue weighted by molar-refractivity contribution is 5.94. The van der Waals surface area contributed by atoms with E-state index < -0.39 is 5.97 Å². The molecule has 86 valence electrons. The van der Waals surface area contributed by atoms with Crippen LogP contribution < -0.4 is 5.73 Å². The Morgan fingerprint density at radius 1 is 1.50 bits per heavy atom. The molecule has 0 aliphatic carbocycles. The van der Waals surface area contributed by atoms with Crippen molar-refractivity contribution < 1.29 is 14.6 Å². The van der Waals surface area contributed by atoms with Crippen molar-refractivity contribution in [3.8, 4) is 0 Å². The fourth-order valence-electron chi connectivity index (χ4n) is 2.08. The zero-order valence-electron chi connectivity index (χ0n) is 8.85. The Hall–Kier alpha value is -1.62. The zero-order valence-corrected chi connectivity index (χ0v) is 8.85. The Labute approximate surface area is 93.2 Å². The first-order valence-corrected chi connectivity index (χ1v) is 5.25. The third kappa shape index (κ3) is 1.99. The predicted octanol–water partition coefficient (Wildman–Crippen LogP) is 1.26. The van der Waals surface area contributed by atoms with Crippen molar-refractivity contribution in [1.82, 2.24) is 4.98 Å². The van der Waals surface area contributed by atoms with Crippen LogP contribution in [0.2, 0.25) is 0 Å². The lowest BCUT2D eigenvalue weighted by Crippen LogP contribution is -2.18. The summed E-state index contributed by atoms with van der Waals surface area (Å²) < 4.78 is 5.26. The van der Waals surface area contributed by atoms with Crippen LogP contribution in [0.4, 0.5) is 5.82 Å². The summed E-state index contributed by atoms with van der Waals surface area (Å²) in [4.78, 5) is 15.0. The number of carboxylic acid groups (broad SMARTS) is 1. The number of hydrogen-bond acceptors (Lipinski definition) is 4. The van der Waals surface area contributed by atoms with Crippen LogP contribution in [0.25, 0.3) is 0 Å². The second-order valence-electron chi connectivity index (χ2n) is 3.85. The van der Waals surface area contributed by atoms with E-state index in [1.54, 1.807) is 12.3 Å². The van der Waals surface area contributed by atoms with Crippen molar-refractivity contribution >= 4 is 11.8 Å². The number of carboxylic acids is 1. The largest absolute Gasteiger partial charge is 0.478 e. The molecular weight excluding hydrogens is 208 g/mol. The van der Waals surface area contributed by atoms with Crippen molar-refractivity contribution in [1.29, 1.82) is 0 Å². The van der Waals surface area contributed by atoms with Gasteiger partial charge in [-0.2, -0.15) is 0 Å². The van der Waals surface area contributed by atoms with Gasteiger partial charge in [0, 0.05) is 19.4 Å². The molecule has 0 radical (unpaired) electrons. The number of aromatic nitrogens is 1.